The van der Waals surface area contributed by atoms with Crippen LogP contribution < -0.4 is 4.74 Å². The van der Waals surface area contributed by atoms with Gasteiger partial charge in [0.25, 0.3) is 5.91 Å². The molecule has 1 amide bonds. The molecule has 3 aromatic rings. The van der Waals surface area contributed by atoms with E-state index in [0.29, 0.717) is 6.54 Å². The van der Waals surface area contributed by atoms with E-state index in [2.05, 4.69) is 17.5 Å². The number of benzene rings is 2. The van der Waals surface area contributed by atoms with Gasteiger partial charge in [0.15, 0.2) is 0 Å². The number of methoxy groups -OCH3 is 1. The van der Waals surface area contributed by atoms with E-state index >= 15 is 0 Å². The summed E-state index contributed by atoms with van der Waals surface area (Å²) in [6.45, 7) is 0.562. The minimum absolute atomic E-state index is 0.0371. The maximum Gasteiger partial charge on any atom is 0.255 e. The Balaban J connectivity index is 1.69. The zero-order chi connectivity index (χ0) is 18.4. The lowest BCUT2D eigenvalue weighted by atomic mass is 10.1. The van der Waals surface area contributed by atoms with Gasteiger partial charge in [-0.1, -0.05) is 30.3 Å². The SMILES string of the molecule is COc1ccc(CN(C)C(=O)c2ccccc2SCc2cccs2)cc1. The van der Waals surface area contributed by atoms with Gasteiger partial charge in [-0.05, 0) is 41.3 Å². The third-order valence-electron chi connectivity index (χ3n) is 3.99. The summed E-state index contributed by atoms with van der Waals surface area (Å²) in [7, 11) is 3.49. The summed E-state index contributed by atoms with van der Waals surface area (Å²) < 4.78 is 5.18. The summed E-state index contributed by atoms with van der Waals surface area (Å²) in [4.78, 5) is 17.0. The number of carbonyl (C=O) groups excluding carboxylic acids is 1. The second-order valence-electron chi connectivity index (χ2n) is 5.87. The highest BCUT2D eigenvalue weighted by Gasteiger charge is 2.16. The van der Waals surface area contributed by atoms with E-state index in [-0.39, 0.29) is 5.91 Å². The van der Waals surface area contributed by atoms with Gasteiger partial charge in [-0.2, -0.15) is 0 Å². The monoisotopic (exact) mass is 383 g/mol. The number of amides is 1. The third kappa shape index (κ3) is 4.68. The van der Waals surface area contributed by atoms with Crippen LogP contribution in [0.1, 0.15) is 20.8 Å². The molecule has 26 heavy (non-hydrogen) atoms. The molecule has 3 nitrogen and oxygen atoms in total. The molecule has 1 aromatic heterocycles. The first kappa shape index (κ1) is 18.5. The van der Waals surface area contributed by atoms with Crippen LogP contribution >= 0.6 is 23.1 Å². The van der Waals surface area contributed by atoms with Crippen LogP contribution in [0, 0.1) is 0 Å². The molecule has 0 fully saturated rings. The quantitative estimate of drug-likeness (QED) is 0.517. The number of rotatable bonds is 7. The predicted molar refractivity (Wildman–Crippen MR) is 109 cm³/mol. The van der Waals surface area contributed by atoms with E-state index in [0.717, 1.165) is 27.5 Å². The molecule has 0 radical (unpaired) electrons. The molecule has 0 aliphatic rings. The zero-order valence-electron chi connectivity index (χ0n) is 14.8. The molecule has 5 heteroatoms. The summed E-state index contributed by atoms with van der Waals surface area (Å²) in [5.74, 6) is 1.73. The second kappa shape index (κ2) is 8.92. The van der Waals surface area contributed by atoms with Crippen LogP contribution in [0.3, 0.4) is 0 Å². The fraction of sp³-hybridized carbons (Fsp3) is 0.190. The molecular formula is C21H21NO2S2. The molecule has 0 unspecified atom stereocenters. The number of hydrogen-bond acceptors (Lipinski definition) is 4. The van der Waals surface area contributed by atoms with Gasteiger partial charge in [0.05, 0.1) is 12.7 Å². The van der Waals surface area contributed by atoms with Crippen molar-refractivity contribution in [2.24, 2.45) is 0 Å². The van der Waals surface area contributed by atoms with Crippen molar-refractivity contribution in [3.05, 3.63) is 82.0 Å². The number of ether oxygens (including phenoxy) is 1. The van der Waals surface area contributed by atoms with Crippen LogP contribution in [0.2, 0.25) is 0 Å². The Hall–Kier alpha value is -2.24. The van der Waals surface area contributed by atoms with Gasteiger partial charge in [-0.3, -0.25) is 4.79 Å². The van der Waals surface area contributed by atoms with Crippen molar-refractivity contribution in [2.75, 3.05) is 14.2 Å². The van der Waals surface area contributed by atoms with Gasteiger partial charge in [0.2, 0.25) is 0 Å². The molecule has 3 rings (SSSR count). The van der Waals surface area contributed by atoms with Gasteiger partial charge in [-0.15, -0.1) is 23.1 Å². The summed E-state index contributed by atoms with van der Waals surface area (Å²) in [6.07, 6.45) is 0. The molecule has 0 saturated heterocycles. The van der Waals surface area contributed by atoms with E-state index in [9.17, 15) is 4.79 Å². The van der Waals surface area contributed by atoms with Gasteiger partial charge in [-0.25, -0.2) is 0 Å². The molecule has 0 saturated carbocycles. The largest absolute Gasteiger partial charge is 0.497 e. The maximum absolute atomic E-state index is 12.9. The van der Waals surface area contributed by atoms with Crippen molar-refractivity contribution < 1.29 is 9.53 Å². The van der Waals surface area contributed by atoms with E-state index in [1.54, 1.807) is 35.1 Å². The summed E-state index contributed by atoms with van der Waals surface area (Å²) >= 11 is 3.45. The van der Waals surface area contributed by atoms with Gasteiger partial charge < -0.3 is 9.64 Å². The number of carbonyl (C=O) groups is 1. The minimum atomic E-state index is 0.0371. The molecule has 0 bridgehead atoms. The van der Waals surface area contributed by atoms with Crippen LogP contribution in [0.4, 0.5) is 0 Å². The topological polar surface area (TPSA) is 29.5 Å². The lowest BCUT2D eigenvalue weighted by molar-refractivity contribution is 0.0781. The van der Waals surface area contributed by atoms with Crippen molar-refractivity contribution in [3.8, 4) is 5.75 Å². The summed E-state index contributed by atoms with van der Waals surface area (Å²) in [6, 6.07) is 19.8. The fourth-order valence-electron chi connectivity index (χ4n) is 2.60. The minimum Gasteiger partial charge on any atom is -0.497 e. The van der Waals surface area contributed by atoms with Gasteiger partial charge in [0, 0.05) is 29.1 Å². The van der Waals surface area contributed by atoms with Crippen molar-refractivity contribution >= 4 is 29.0 Å². The van der Waals surface area contributed by atoms with Crippen LogP contribution in [0.15, 0.2) is 70.9 Å². The molecule has 0 atom stereocenters. The average Bonchev–Trinajstić information content (AvgIpc) is 3.20. The lowest BCUT2D eigenvalue weighted by Crippen LogP contribution is -2.26. The summed E-state index contributed by atoms with van der Waals surface area (Å²) in [5, 5.41) is 2.08. The Morgan fingerprint density at radius 3 is 2.54 bits per heavy atom. The molecule has 0 aliphatic carbocycles. The summed E-state index contributed by atoms with van der Waals surface area (Å²) in [5.41, 5.74) is 1.83. The highest BCUT2D eigenvalue weighted by Crippen LogP contribution is 2.28. The normalized spacial score (nSPS) is 10.5. The van der Waals surface area contributed by atoms with Crippen LogP contribution in [0.25, 0.3) is 0 Å². The molecular weight excluding hydrogens is 362 g/mol. The van der Waals surface area contributed by atoms with Crippen molar-refractivity contribution in [1.82, 2.24) is 4.90 Å². The number of nitrogens with zero attached hydrogens (tertiary/aromatic N) is 1. The maximum atomic E-state index is 12.9. The smallest absolute Gasteiger partial charge is 0.255 e. The third-order valence-corrected chi connectivity index (χ3v) is 6.17. The highest BCUT2D eigenvalue weighted by molar-refractivity contribution is 7.98. The first-order chi connectivity index (χ1) is 12.7. The Bertz CT molecular complexity index is 845. The second-order valence-corrected chi connectivity index (χ2v) is 7.92. The van der Waals surface area contributed by atoms with Gasteiger partial charge >= 0.3 is 0 Å². The predicted octanol–water partition coefficient (Wildman–Crippen LogP) is 5.32. The Morgan fingerprint density at radius 1 is 1.08 bits per heavy atom. The Labute approximate surface area is 162 Å². The first-order valence-corrected chi connectivity index (χ1v) is 10.2. The Kier molecular flexibility index (Phi) is 6.36. The van der Waals surface area contributed by atoms with Crippen molar-refractivity contribution in [2.45, 2.75) is 17.2 Å². The number of thiophene rings is 1. The molecule has 134 valence electrons. The van der Waals surface area contributed by atoms with Crippen LogP contribution in [0.5, 0.6) is 5.75 Å². The van der Waals surface area contributed by atoms with E-state index in [1.165, 1.54) is 4.88 Å². The zero-order valence-corrected chi connectivity index (χ0v) is 16.5. The standard InChI is InChI=1S/C21H21NO2S2/c1-22(14-16-9-11-17(24-2)12-10-16)21(23)19-7-3-4-8-20(19)26-15-18-6-5-13-25-18/h3-13H,14-15H2,1-2H3. The molecule has 0 N–H and O–H groups in total. The van der Waals surface area contributed by atoms with Crippen molar-refractivity contribution in [1.29, 1.82) is 0 Å². The Morgan fingerprint density at radius 2 is 1.85 bits per heavy atom. The fourth-order valence-corrected chi connectivity index (χ4v) is 4.41. The van der Waals surface area contributed by atoms with Crippen LogP contribution in [-0.4, -0.2) is 25.0 Å². The van der Waals surface area contributed by atoms with Crippen LogP contribution in [-0.2, 0) is 12.3 Å². The van der Waals surface area contributed by atoms with E-state index in [1.807, 2.05) is 55.6 Å². The van der Waals surface area contributed by atoms with E-state index in [4.69, 9.17) is 4.74 Å². The van der Waals surface area contributed by atoms with Gasteiger partial charge in [0.1, 0.15) is 5.75 Å². The first-order valence-electron chi connectivity index (χ1n) is 8.30. The lowest BCUT2D eigenvalue weighted by Gasteiger charge is -2.19. The number of hydrogen-bond donors (Lipinski definition) is 0. The van der Waals surface area contributed by atoms with Crippen molar-refractivity contribution in [3.63, 3.8) is 0 Å². The average molecular weight is 384 g/mol. The highest BCUT2D eigenvalue weighted by atomic mass is 32.2. The molecule has 1 heterocycles. The molecule has 0 aliphatic heterocycles. The van der Waals surface area contributed by atoms with E-state index < -0.39 is 0 Å². The molecule has 0 spiro atoms. The molecule has 2 aromatic carbocycles. The number of thioether (sulfide) groups is 1.